The Balaban J connectivity index is 1.43. The number of rotatable bonds is 6. The van der Waals surface area contributed by atoms with Crippen LogP contribution in [0, 0.1) is 11.8 Å². The Morgan fingerprint density at radius 3 is 2.61 bits per heavy atom. The molecular formula is C22H41N5O. The topological polar surface area (TPSA) is 60.0 Å². The van der Waals surface area contributed by atoms with Gasteiger partial charge in [-0.15, -0.1) is 0 Å². The number of carbonyl (C=O) groups is 1. The molecule has 0 aromatic rings. The van der Waals surface area contributed by atoms with Gasteiger partial charge in [0.05, 0.1) is 6.54 Å². The summed E-state index contributed by atoms with van der Waals surface area (Å²) >= 11 is 0. The Labute approximate surface area is 171 Å². The molecule has 1 aliphatic carbocycles. The van der Waals surface area contributed by atoms with Crippen LogP contribution < -0.4 is 10.6 Å². The number of nitrogens with zero attached hydrogens (tertiary/aromatic N) is 3. The molecule has 0 bridgehead atoms. The van der Waals surface area contributed by atoms with Gasteiger partial charge in [0.1, 0.15) is 0 Å². The monoisotopic (exact) mass is 391 g/mol. The molecule has 3 fully saturated rings. The first-order chi connectivity index (χ1) is 13.7. The van der Waals surface area contributed by atoms with Gasteiger partial charge >= 0.3 is 0 Å². The van der Waals surface area contributed by atoms with Crippen LogP contribution in [0.2, 0.25) is 0 Å². The van der Waals surface area contributed by atoms with Gasteiger partial charge in [0, 0.05) is 44.7 Å². The average molecular weight is 392 g/mol. The molecule has 1 saturated carbocycles. The molecule has 2 atom stereocenters. The number of aliphatic imine (C=N–C) groups is 1. The highest BCUT2D eigenvalue weighted by atomic mass is 16.2. The van der Waals surface area contributed by atoms with Crippen LogP contribution in [0.3, 0.4) is 0 Å². The fourth-order valence-corrected chi connectivity index (χ4v) is 4.99. The van der Waals surface area contributed by atoms with Gasteiger partial charge in [-0.1, -0.05) is 26.2 Å². The molecule has 6 nitrogen and oxygen atoms in total. The molecule has 2 heterocycles. The molecule has 2 unspecified atom stereocenters. The maximum atomic E-state index is 12.8. The second kappa shape index (κ2) is 11.0. The van der Waals surface area contributed by atoms with E-state index in [4.69, 9.17) is 4.99 Å². The Kier molecular flexibility index (Phi) is 8.44. The van der Waals surface area contributed by atoms with Crippen LogP contribution in [0.15, 0.2) is 4.99 Å². The molecule has 2 aliphatic heterocycles. The second-order valence-corrected chi connectivity index (χ2v) is 9.06. The summed E-state index contributed by atoms with van der Waals surface area (Å²) in [5.41, 5.74) is 0. The summed E-state index contributed by atoms with van der Waals surface area (Å²) in [7, 11) is 0. The fraction of sp³-hybridized carbons (Fsp3) is 0.909. The van der Waals surface area contributed by atoms with Gasteiger partial charge in [0.15, 0.2) is 5.96 Å². The van der Waals surface area contributed by atoms with Crippen molar-refractivity contribution in [2.75, 3.05) is 45.8 Å². The third kappa shape index (κ3) is 6.36. The summed E-state index contributed by atoms with van der Waals surface area (Å²) in [6.45, 7) is 11.3. The van der Waals surface area contributed by atoms with E-state index < -0.39 is 0 Å². The molecule has 0 aromatic heterocycles. The van der Waals surface area contributed by atoms with Crippen molar-refractivity contribution in [3.63, 3.8) is 0 Å². The molecule has 28 heavy (non-hydrogen) atoms. The number of hydrogen-bond donors (Lipinski definition) is 2. The van der Waals surface area contributed by atoms with E-state index in [1.807, 2.05) is 0 Å². The van der Waals surface area contributed by atoms with Gasteiger partial charge in [0.25, 0.3) is 0 Å². The summed E-state index contributed by atoms with van der Waals surface area (Å²) in [6.07, 6.45) is 9.62. The zero-order valence-corrected chi connectivity index (χ0v) is 18.1. The smallest absolute Gasteiger partial charge is 0.225 e. The number of nitrogens with one attached hydrogen (secondary N) is 2. The van der Waals surface area contributed by atoms with Gasteiger partial charge in [-0.3, -0.25) is 9.79 Å². The van der Waals surface area contributed by atoms with Crippen LogP contribution in [0.25, 0.3) is 0 Å². The minimum Gasteiger partial charge on any atom is -0.357 e. The van der Waals surface area contributed by atoms with Crippen LogP contribution in [0.1, 0.15) is 65.2 Å². The number of guanidine groups is 1. The quantitative estimate of drug-likeness (QED) is 0.539. The lowest BCUT2D eigenvalue weighted by Crippen LogP contribution is -2.46. The fourth-order valence-electron chi connectivity index (χ4n) is 4.99. The van der Waals surface area contributed by atoms with Crippen molar-refractivity contribution in [1.29, 1.82) is 0 Å². The third-order valence-electron chi connectivity index (χ3n) is 6.57. The van der Waals surface area contributed by atoms with Crippen LogP contribution >= 0.6 is 0 Å². The van der Waals surface area contributed by atoms with E-state index in [-0.39, 0.29) is 5.92 Å². The number of likely N-dealkylation sites (tertiary alicyclic amines) is 2. The largest absolute Gasteiger partial charge is 0.357 e. The molecule has 0 radical (unpaired) electrons. The Morgan fingerprint density at radius 2 is 1.86 bits per heavy atom. The highest BCUT2D eigenvalue weighted by Crippen LogP contribution is 2.26. The van der Waals surface area contributed by atoms with Gasteiger partial charge in [0.2, 0.25) is 5.91 Å². The lowest BCUT2D eigenvalue weighted by molar-refractivity contribution is -0.135. The molecule has 1 amide bonds. The van der Waals surface area contributed by atoms with Crippen molar-refractivity contribution in [3.05, 3.63) is 0 Å². The SMILES string of the molecule is CCNC(=NCCN1CCCC(C)C1)NC1CCN(C(=O)C2CCCCC2)C1. The summed E-state index contributed by atoms with van der Waals surface area (Å²) in [4.78, 5) is 22.2. The highest BCUT2D eigenvalue weighted by molar-refractivity contribution is 5.81. The minimum absolute atomic E-state index is 0.279. The van der Waals surface area contributed by atoms with Crippen molar-refractivity contribution >= 4 is 11.9 Å². The van der Waals surface area contributed by atoms with Crippen LogP contribution in [-0.4, -0.2) is 73.5 Å². The summed E-state index contributed by atoms with van der Waals surface area (Å²) < 4.78 is 0. The number of carbonyl (C=O) groups excluding carboxylic acids is 1. The van der Waals surface area contributed by atoms with E-state index in [1.54, 1.807) is 0 Å². The number of piperidine rings is 1. The maximum absolute atomic E-state index is 12.8. The van der Waals surface area contributed by atoms with Crippen molar-refractivity contribution < 1.29 is 4.79 Å². The molecule has 3 aliphatic rings. The van der Waals surface area contributed by atoms with E-state index >= 15 is 0 Å². The second-order valence-electron chi connectivity index (χ2n) is 9.06. The van der Waals surface area contributed by atoms with Crippen LogP contribution in [-0.2, 0) is 4.79 Å². The Hall–Kier alpha value is -1.30. The zero-order valence-electron chi connectivity index (χ0n) is 18.1. The predicted molar refractivity (Wildman–Crippen MR) is 116 cm³/mol. The molecule has 160 valence electrons. The Morgan fingerprint density at radius 1 is 1.04 bits per heavy atom. The lowest BCUT2D eigenvalue weighted by Gasteiger charge is -2.30. The van der Waals surface area contributed by atoms with Crippen LogP contribution in [0.5, 0.6) is 0 Å². The normalized spacial score (nSPS) is 27.8. The molecule has 6 heteroatoms. The van der Waals surface area contributed by atoms with Crippen LogP contribution in [0.4, 0.5) is 0 Å². The molecule has 3 rings (SSSR count). The van der Waals surface area contributed by atoms with Gasteiger partial charge in [-0.2, -0.15) is 0 Å². The molecule has 0 spiro atoms. The Bertz CT molecular complexity index is 517. The van der Waals surface area contributed by atoms with Gasteiger partial charge in [-0.05, 0) is 51.5 Å². The van der Waals surface area contributed by atoms with Gasteiger partial charge in [-0.25, -0.2) is 0 Å². The first kappa shape index (κ1) is 21.4. The standard InChI is InChI=1S/C22H41N5O/c1-3-23-22(24-12-15-26-13-7-8-18(2)16-26)25-20-11-14-27(17-20)21(28)19-9-5-4-6-10-19/h18-20H,3-17H2,1-2H3,(H2,23,24,25). The zero-order chi connectivity index (χ0) is 19.8. The van der Waals surface area contributed by atoms with Crippen molar-refractivity contribution in [1.82, 2.24) is 20.4 Å². The van der Waals surface area contributed by atoms with E-state index in [9.17, 15) is 4.79 Å². The molecule has 2 N–H and O–H groups in total. The average Bonchev–Trinajstić information content (AvgIpc) is 3.17. The third-order valence-corrected chi connectivity index (χ3v) is 6.57. The predicted octanol–water partition coefficient (Wildman–Crippen LogP) is 2.45. The lowest BCUT2D eigenvalue weighted by atomic mass is 9.88. The van der Waals surface area contributed by atoms with E-state index in [0.717, 1.165) is 63.9 Å². The summed E-state index contributed by atoms with van der Waals surface area (Å²) in [5.74, 6) is 2.39. The number of amides is 1. The first-order valence-electron chi connectivity index (χ1n) is 11.7. The first-order valence-corrected chi connectivity index (χ1v) is 11.7. The summed E-state index contributed by atoms with van der Waals surface area (Å²) in [5, 5.41) is 6.96. The highest BCUT2D eigenvalue weighted by Gasteiger charge is 2.31. The van der Waals surface area contributed by atoms with Crippen molar-refractivity contribution in [3.8, 4) is 0 Å². The van der Waals surface area contributed by atoms with Crippen molar-refractivity contribution in [2.24, 2.45) is 16.8 Å². The minimum atomic E-state index is 0.279. The number of hydrogen-bond acceptors (Lipinski definition) is 3. The van der Waals surface area contributed by atoms with E-state index in [0.29, 0.717) is 11.9 Å². The van der Waals surface area contributed by atoms with E-state index in [1.165, 1.54) is 45.2 Å². The van der Waals surface area contributed by atoms with E-state index in [2.05, 4.69) is 34.3 Å². The maximum Gasteiger partial charge on any atom is 0.225 e. The summed E-state index contributed by atoms with van der Waals surface area (Å²) in [6, 6.07) is 0.320. The molecule has 0 aromatic carbocycles. The van der Waals surface area contributed by atoms with Crippen molar-refractivity contribution in [2.45, 2.75) is 71.3 Å². The molecular weight excluding hydrogens is 350 g/mol. The van der Waals surface area contributed by atoms with Gasteiger partial charge < -0.3 is 20.4 Å². The molecule has 2 saturated heterocycles.